The summed E-state index contributed by atoms with van der Waals surface area (Å²) < 4.78 is 30.7. The van der Waals surface area contributed by atoms with E-state index in [0.29, 0.717) is 18.0 Å². The summed E-state index contributed by atoms with van der Waals surface area (Å²) in [5.41, 5.74) is 1.37. The first-order chi connectivity index (χ1) is 10.0. The Bertz CT molecular complexity index is 677. The Balaban J connectivity index is 1.93. The van der Waals surface area contributed by atoms with Crippen LogP contribution in [0.5, 0.6) is 0 Å². The lowest BCUT2D eigenvalue weighted by Gasteiger charge is -2.08. The molecule has 0 bridgehead atoms. The largest absolute Gasteiger partial charge is 0.462 e. The maximum atomic E-state index is 11.4. The SMILES string of the molecule is CCS(=O)(=O)Nc1ccc(NCc2ccc(CO)o2)cc1. The molecule has 0 saturated heterocycles. The van der Waals surface area contributed by atoms with Crippen molar-refractivity contribution in [1.82, 2.24) is 0 Å². The molecule has 2 rings (SSSR count). The van der Waals surface area contributed by atoms with Crippen LogP contribution in [0.4, 0.5) is 11.4 Å². The number of aliphatic hydroxyl groups excluding tert-OH is 1. The first-order valence-corrected chi connectivity index (χ1v) is 8.20. The van der Waals surface area contributed by atoms with E-state index < -0.39 is 10.0 Å². The number of hydrogen-bond donors (Lipinski definition) is 3. The summed E-state index contributed by atoms with van der Waals surface area (Å²) in [6.45, 7) is 1.95. The molecule has 2 aromatic rings. The molecule has 7 heteroatoms. The van der Waals surface area contributed by atoms with Gasteiger partial charge >= 0.3 is 0 Å². The third-order valence-electron chi connectivity index (χ3n) is 2.88. The second-order valence-corrected chi connectivity index (χ2v) is 6.47. The normalized spacial score (nSPS) is 11.3. The highest BCUT2D eigenvalue weighted by atomic mass is 32.2. The minimum atomic E-state index is -3.25. The first kappa shape index (κ1) is 15.4. The van der Waals surface area contributed by atoms with Crippen molar-refractivity contribution in [3.8, 4) is 0 Å². The van der Waals surface area contributed by atoms with Crippen molar-refractivity contribution in [2.75, 3.05) is 15.8 Å². The highest BCUT2D eigenvalue weighted by Gasteiger charge is 2.06. The predicted molar refractivity (Wildman–Crippen MR) is 81.5 cm³/mol. The van der Waals surface area contributed by atoms with Gasteiger partial charge in [0, 0.05) is 11.4 Å². The zero-order chi connectivity index (χ0) is 15.3. The molecule has 0 amide bonds. The fourth-order valence-corrected chi connectivity index (χ4v) is 2.34. The molecule has 0 radical (unpaired) electrons. The molecule has 1 aromatic heterocycles. The van der Waals surface area contributed by atoms with Crippen LogP contribution in [0.25, 0.3) is 0 Å². The van der Waals surface area contributed by atoms with Crippen molar-refractivity contribution < 1.29 is 17.9 Å². The Hall–Kier alpha value is -1.99. The lowest BCUT2D eigenvalue weighted by atomic mass is 10.3. The summed E-state index contributed by atoms with van der Waals surface area (Å²) in [6.07, 6.45) is 0. The molecule has 0 aliphatic heterocycles. The third-order valence-corrected chi connectivity index (χ3v) is 4.18. The highest BCUT2D eigenvalue weighted by molar-refractivity contribution is 7.92. The second kappa shape index (κ2) is 6.64. The number of furan rings is 1. The Morgan fingerprint density at radius 1 is 1.05 bits per heavy atom. The van der Waals surface area contributed by atoms with E-state index in [1.165, 1.54) is 0 Å². The van der Waals surface area contributed by atoms with E-state index in [0.717, 1.165) is 11.4 Å². The number of hydrogen-bond acceptors (Lipinski definition) is 5. The topological polar surface area (TPSA) is 91.6 Å². The number of sulfonamides is 1. The Kier molecular flexibility index (Phi) is 4.87. The van der Waals surface area contributed by atoms with Gasteiger partial charge in [0.1, 0.15) is 18.1 Å². The molecule has 0 saturated carbocycles. The van der Waals surface area contributed by atoms with Crippen LogP contribution < -0.4 is 10.0 Å². The Morgan fingerprint density at radius 2 is 1.67 bits per heavy atom. The number of aliphatic hydroxyl groups is 1. The molecular formula is C14H18N2O4S. The number of nitrogens with one attached hydrogen (secondary N) is 2. The van der Waals surface area contributed by atoms with E-state index in [2.05, 4.69) is 10.0 Å². The molecule has 0 atom stereocenters. The van der Waals surface area contributed by atoms with E-state index in [4.69, 9.17) is 9.52 Å². The number of anilines is 2. The maximum Gasteiger partial charge on any atom is 0.232 e. The summed E-state index contributed by atoms with van der Waals surface area (Å²) in [7, 11) is -3.25. The van der Waals surface area contributed by atoms with Crippen LogP contribution in [0.1, 0.15) is 18.4 Å². The summed E-state index contributed by atoms with van der Waals surface area (Å²) in [5, 5.41) is 12.1. The number of rotatable bonds is 7. The molecule has 3 N–H and O–H groups in total. The van der Waals surface area contributed by atoms with Gasteiger partial charge in [-0.2, -0.15) is 0 Å². The average Bonchev–Trinajstić information content (AvgIpc) is 2.94. The molecule has 0 fully saturated rings. The smallest absolute Gasteiger partial charge is 0.232 e. The van der Waals surface area contributed by atoms with Gasteiger partial charge in [0.05, 0.1) is 12.3 Å². The van der Waals surface area contributed by atoms with E-state index >= 15 is 0 Å². The standard InChI is InChI=1S/C14H18N2O4S/c1-2-21(18,19)16-12-5-3-11(4-6-12)15-9-13-7-8-14(10-17)20-13/h3-8,15-17H,2,9-10H2,1H3. The van der Waals surface area contributed by atoms with Gasteiger partial charge in [-0.1, -0.05) is 0 Å². The first-order valence-electron chi connectivity index (χ1n) is 6.55. The van der Waals surface area contributed by atoms with Crippen LogP contribution >= 0.6 is 0 Å². The van der Waals surface area contributed by atoms with Crippen LogP contribution in [0.2, 0.25) is 0 Å². The second-order valence-electron chi connectivity index (χ2n) is 4.46. The van der Waals surface area contributed by atoms with Crippen LogP contribution in [-0.4, -0.2) is 19.3 Å². The fraction of sp³-hybridized carbons (Fsp3) is 0.286. The molecular weight excluding hydrogens is 292 g/mol. The van der Waals surface area contributed by atoms with Crippen LogP contribution in [0.3, 0.4) is 0 Å². The van der Waals surface area contributed by atoms with Gasteiger partial charge in [-0.05, 0) is 43.3 Å². The predicted octanol–water partition coefficient (Wildman–Crippen LogP) is 2.15. The van der Waals surface area contributed by atoms with Crippen LogP contribution in [-0.2, 0) is 23.2 Å². The van der Waals surface area contributed by atoms with Crippen molar-refractivity contribution in [3.63, 3.8) is 0 Å². The number of benzene rings is 1. The van der Waals surface area contributed by atoms with Crippen LogP contribution in [0.15, 0.2) is 40.8 Å². The zero-order valence-electron chi connectivity index (χ0n) is 11.7. The van der Waals surface area contributed by atoms with Crippen molar-refractivity contribution in [2.45, 2.75) is 20.1 Å². The lowest BCUT2D eigenvalue weighted by molar-refractivity contribution is 0.244. The minimum Gasteiger partial charge on any atom is -0.462 e. The van der Waals surface area contributed by atoms with Crippen molar-refractivity contribution >= 4 is 21.4 Å². The molecule has 114 valence electrons. The highest BCUT2D eigenvalue weighted by Crippen LogP contribution is 2.16. The van der Waals surface area contributed by atoms with Crippen LogP contribution in [0, 0.1) is 0 Å². The summed E-state index contributed by atoms with van der Waals surface area (Å²) in [4.78, 5) is 0. The third kappa shape index (κ3) is 4.51. The van der Waals surface area contributed by atoms with Gasteiger partial charge < -0.3 is 14.8 Å². The molecule has 0 aliphatic rings. The van der Waals surface area contributed by atoms with Crippen molar-refractivity contribution in [1.29, 1.82) is 0 Å². The van der Waals surface area contributed by atoms with Gasteiger partial charge in [0.25, 0.3) is 0 Å². The molecule has 1 heterocycles. The lowest BCUT2D eigenvalue weighted by Crippen LogP contribution is -2.14. The fourth-order valence-electron chi connectivity index (χ4n) is 1.70. The summed E-state index contributed by atoms with van der Waals surface area (Å²) in [6, 6.07) is 10.5. The van der Waals surface area contributed by atoms with E-state index in [1.54, 1.807) is 43.3 Å². The Morgan fingerprint density at radius 3 is 2.24 bits per heavy atom. The minimum absolute atomic E-state index is 0.0404. The molecule has 0 spiro atoms. The summed E-state index contributed by atoms with van der Waals surface area (Å²) >= 11 is 0. The summed E-state index contributed by atoms with van der Waals surface area (Å²) in [5.74, 6) is 1.28. The van der Waals surface area contributed by atoms with Gasteiger partial charge in [-0.3, -0.25) is 4.72 Å². The van der Waals surface area contributed by atoms with Gasteiger partial charge in [-0.15, -0.1) is 0 Å². The molecule has 1 aromatic carbocycles. The van der Waals surface area contributed by atoms with E-state index in [-0.39, 0.29) is 12.4 Å². The molecule has 0 unspecified atom stereocenters. The van der Waals surface area contributed by atoms with E-state index in [1.807, 2.05) is 0 Å². The molecule has 0 aliphatic carbocycles. The zero-order valence-corrected chi connectivity index (χ0v) is 12.5. The molecule has 6 nitrogen and oxygen atoms in total. The monoisotopic (exact) mass is 310 g/mol. The quantitative estimate of drug-likeness (QED) is 0.729. The van der Waals surface area contributed by atoms with Gasteiger partial charge in [0.2, 0.25) is 10.0 Å². The molecule has 21 heavy (non-hydrogen) atoms. The van der Waals surface area contributed by atoms with Gasteiger partial charge in [0.15, 0.2) is 0 Å². The Labute approximate surface area is 123 Å². The van der Waals surface area contributed by atoms with Gasteiger partial charge in [-0.25, -0.2) is 8.42 Å². The van der Waals surface area contributed by atoms with Crippen molar-refractivity contribution in [2.24, 2.45) is 0 Å². The van der Waals surface area contributed by atoms with Crippen molar-refractivity contribution in [3.05, 3.63) is 47.9 Å². The maximum absolute atomic E-state index is 11.4. The average molecular weight is 310 g/mol. The van der Waals surface area contributed by atoms with E-state index in [9.17, 15) is 8.42 Å².